The summed E-state index contributed by atoms with van der Waals surface area (Å²) in [7, 11) is 0. The summed E-state index contributed by atoms with van der Waals surface area (Å²) in [5.41, 5.74) is 10.8. The summed E-state index contributed by atoms with van der Waals surface area (Å²) >= 11 is 0. The first kappa shape index (κ1) is 33.0. The summed E-state index contributed by atoms with van der Waals surface area (Å²) in [6.07, 6.45) is 21.3. The van der Waals surface area contributed by atoms with Gasteiger partial charge in [0.05, 0.1) is 11.4 Å². The van der Waals surface area contributed by atoms with Gasteiger partial charge in [-0.1, -0.05) is 104 Å². The molecule has 2 aromatic rings. The van der Waals surface area contributed by atoms with Crippen LogP contribution in [0.25, 0.3) is 0 Å². The maximum absolute atomic E-state index is 5.03. The van der Waals surface area contributed by atoms with E-state index in [4.69, 9.17) is 9.98 Å². The minimum Gasteiger partial charge on any atom is -0.187 e. The van der Waals surface area contributed by atoms with E-state index in [-0.39, 0.29) is 0 Å². The third-order valence-corrected chi connectivity index (χ3v) is 7.82. The van der Waals surface area contributed by atoms with Crippen molar-refractivity contribution in [1.29, 1.82) is 0 Å². The zero-order valence-electron chi connectivity index (χ0n) is 26.4. The van der Waals surface area contributed by atoms with E-state index < -0.39 is 0 Å². The minimum absolute atomic E-state index is 1.09. The second-order valence-electron chi connectivity index (χ2n) is 11.5. The largest absolute Gasteiger partial charge is 0.187 e. The molecule has 0 amide bonds. The van der Waals surface area contributed by atoms with Crippen LogP contribution in [0.3, 0.4) is 0 Å². The van der Waals surface area contributed by atoms with Crippen LogP contribution in [0.2, 0.25) is 0 Å². The Hall–Kier alpha value is -2.18. The topological polar surface area (TPSA) is 24.7 Å². The molecule has 2 rings (SSSR count). The molecule has 2 nitrogen and oxygen atoms in total. The predicted octanol–water partition coefficient (Wildman–Crippen LogP) is 11.9. The Bertz CT molecular complexity index is 888. The monoisotopic (exact) mass is 530 g/mol. The number of rotatable bonds is 20. The molecule has 0 bridgehead atoms. The lowest BCUT2D eigenvalue weighted by atomic mass is 9.94. The first-order chi connectivity index (χ1) is 19.1. The van der Waals surface area contributed by atoms with Crippen LogP contribution in [-0.2, 0) is 38.5 Å². The van der Waals surface area contributed by atoms with Crippen molar-refractivity contribution in [2.45, 2.75) is 157 Å². The highest BCUT2D eigenvalue weighted by molar-refractivity contribution is 5.66. The van der Waals surface area contributed by atoms with Gasteiger partial charge in [-0.2, -0.15) is 9.98 Å². The Morgan fingerprint density at radius 3 is 0.923 bits per heavy atom. The highest BCUT2D eigenvalue weighted by Crippen LogP contribution is 2.32. The number of hydrogen-bond donors (Lipinski definition) is 0. The van der Waals surface area contributed by atoms with Gasteiger partial charge < -0.3 is 0 Å². The summed E-state index contributed by atoms with van der Waals surface area (Å²) in [4.78, 5) is 10.1. The van der Waals surface area contributed by atoms with Gasteiger partial charge in [0.1, 0.15) is 6.01 Å². The molecular formula is C37H58N2. The molecule has 0 fully saturated rings. The van der Waals surface area contributed by atoms with Crippen molar-refractivity contribution in [2.24, 2.45) is 9.98 Å². The molecule has 0 unspecified atom stereocenters. The first-order valence-electron chi connectivity index (χ1n) is 16.6. The van der Waals surface area contributed by atoms with Gasteiger partial charge in [0, 0.05) is 0 Å². The Morgan fingerprint density at radius 1 is 0.410 bits per heavy atom. The van der Waals surface area contributed by atoms with E-state index >= 15 is 0 Å². The molecule has 0 N–H and O–H groups in total. The van der Waals surface area contributed by atoms with Crippen molar-refractivity contribution in [2.75, 3.05) is 0 Å². The van der Waals surface area contributed by atoms with Crippen LogP contribution >= 0.6 is 0 Å². The Morgan fingerprint density at radius 2 is 0.667 bits per heavy atom. The molecular weight excluding hydrogens is 472 g/mol. The van der Waals surface area contributed by atoms with Crippen LogP contribution in [-0.4, -0.2) is 6.01 Å². The molecule has 0 saturated carbocycles. The minimum atomic E-state index is 1.09. The normalized spacial score (nSPS) is 11.0. The second kappa shape index (κ2) is 19.8. The van der Waals surface area contributed by atoms with Crippen molar-refractivity contribution in [3.05, 3.63) is 57.6 Å². The van der Waals surface area contributed by atoms with Gasteiger partial charge in [-0.3, -0.25) is 0 Å². The van der Waals surface area contributed by atoms with Crippen LogP contribution in [0.4, 0.5) is 11.4 Å². The standard InChI is InChI=1S/C37H58N2/c1-7-13-19-30-25-32(21-15-9-3)36(33(26-30)22-16-10-4)38-29-39-37-34(23-17-11-5)27-31(20-14-8-2)28-35(37)24-18-12-6/h25-28H,7-24H2,1-6H3. The van der Waals surface area contributed by atoms with Crippen LogP contribution in [0.5, 0.6) is 0 Å². The van der Waals surface area contributed by atoms with E-state index in [9.17, 15) is 0 Å². The van der Waals surface area contributed by atoms with E-state index in [0.717, 1.165) is 37.1 Å². The Balaban J connectivity index is 2.61. The Kier molecular flexibility index (Phi) is 16.8. The quantitative estimate of drug-likeness (QED) is 0.152. The molecule has 0 aliphatic carbocycles. The molecule has 2 aromatic carbocycles. The number of nitrogens with zero attached hydrogens (tertiary/aromatic N) is 2. The third-order valence-electron chi connectivity index (χ3n) is 7.82. The lowest BCUT2D eigenvalue weighted by molar-refractivity contribution is 0.766. The molecule has 0 atom stereocenters. The van der Waals surface area contributed by atoms with E-state index in [1.165, 1.54) is 123 Å². The van der Waals surface area contributed by atoms with Gasteiger partial charge in [0.25, 0.3) is 0 Å². The zero-order valence-corrected chi connectivity index (χ0v) is 26.4. The van der Waals surface area contributed by atoms with Gasteiger partial charge in [-0.15, -0.1) is 0 Å². The zero-order chi connectivity index (χ0) is 28.3. The highest BCUT2D eigenvalue weighted by Gasteiger charge is 2.13. The van der Waals surface area contributed by atoms with Crippen LogP contribution in [0, 0.1) is 0 Å². The third kappa shape index (κ3) is 11.4. The molecule has 2 heteroatoms. The SMILES string of the molecule is CCCCc1cc(CCCC)c(N=C=Nc2c(CCCC)cc(CCCC)cc2CCCC)c(CCCC)c1. The van der Waals surface area contributed by atoms with E-state index in [2.05, 4.69) is 71.8 Å². The fourth-order valence-electron chi connectivity index (χ4n) is 5.36. The molecule has 0 spiro atoms. The molecule has 0 radical (unpaired) electrons. The molecule has 0 heterocycles. The van der Waals surface area contributed by atoms with Gasteiger partial charge in [-0.25, -0.2) is 0 Å². The van der Waals surface area contributed by atoms with E-state index in [1.54, 1.807) is 0 Å². The van der Waals surface area contributed by atoms with Crippen molar-refractivity contribution >= 4 is 17.4 Å². The first-order valence-corrected chi connectivity index (χ1v) is 16.6. The number of hydrogen-bond acceptors (Lipinski definition) is 2. The maximum atomic E-state index is 5.03. The summed E-state index contributed by atoms with van der Waals surface area (Å²) in [5, 5.41) is 0. The number of benzene rings is 2. The lowest BCUT2D eigenvalue weighted by Crippen LogP contribution is -1.98. The predicted molar refractivity (Wildman–Crippen MR) is 174 cm³/mol. The summed E-state index contributed by atoms with van der Waals surface area (Å²) in [5.74, 6) is 0. The van der Waals surface area contributed by atoms with Gasteiger partial charge in [0.15, 0.2) is 0 Å². The highest BCUT2D eigenvalue weighted by atomic mass is 14.8. The van der Waals surface area contributed by atoms with E-state index in [0.29, 0.717) is 0 Å². The van der Waals surface area contributed by atoms with Crippen LogP contribution in [0.1, 0.15) is 152 Å². The molecule has 0 aliphatic heterocycles. The van der Waals surface area contributed by atoms with Crippen molar-refractivity contribution in [1.82, 2.24) is 0 Å². The molecule has 0 aliphatic rings. The molecule has 0 aromatic heterocycles. The van der Waals surface area contributed by atoms with E-state index in [1.807, 2.05) is 0 Å². The van der Waals surface area contributed by atoms with Crippen LogP contribution < -0.4 is 0 Å². The smallest absolute Gasteiger partial charge is 0.101 e. The van der Waals surface area contributed by atoms with Gasteiger partial charge in [-0.05, 0) is 110 Å². The molecule has 216 valence electrons. The number of aryl methyl sites for hydroxylation is 6. The summed E-state index contributed by atoms with van der Waals surface area (Å²) in [6, 6.07) is 13.0. The fraction of sp³-hybridized carbons (Fsp3) is 0.649. The summed E-state index contributed by atoms with van der Waals surface area (Å²) in [6.45, 7) is 13.7. The fourth-order valence-corrected chi connectivity index (χ4v) is 5.36. The molecule has 0 saturated heterocycles. The number of unbranched alkanes of at least 4 members (excludes halogenated alkanes) is 6. The van der Waals surface area contributed by atoms with Gasteiger partial charge in [0.2, 0.25) is 0 Å². The number of aliphatic imine (C=N–C) groups is 2. The maximum Gasteiger partial charge on any atom is 0.101 e. The van der Waals surface area contributed by atoms with Crippen LogP contribution in [0.15, 0.2) is 34.3 Å². The van der Waals surface area contributed by atoms with Crippen molar-refractivity contribution in [3.63, 3.8) is 0 Å². The Labute approximate surface area is 241 Å². The van der Waals surface area contributed by atoms with Crippen molar-refractivity contribution in [3.8, 4) is 0 Å². The van der Waals surface area contributed by atoms with Crippen molar-refractivity contribution < 1.29 is 0 Å². The van der Waals surface area contributed by atoms with Gasteiger partial charge >= 0.3 is 0 Å². The second-order valence-corrected chi connectivity index (χ2v) is 11.5. The lowest BCUT2D eigenvalue weighted by Gasteiger charge is -2.15. The molecule has 39 heavy (non-hydrogen) atoms. The average molecular weight is 531 g/mol. The average Bonchev–Trinajstić information content (AvgIpc) is 2.95. The summed E-state index contributed by atoms with van der Waals surface area (Å²) < 4.78 is 0.